The molecule has 2 heterocycles. The summed E-state index contributed by atoms with van der Waals surface area (Å²) in [7, 11) is 0. The van der Waals surface area contributed by atoms with Gasteiger partial charge in [0.05, 0.1) is 0 Å². The number of hydrogen-bond acceptors (Lipinski definition) is 3. The van der Waals surface area contributed by atoms with E-state index in [1.54, 1.807) is 0 Å². The van der Waals surface area contributed by atoms with E-state index >= 15 is 0 Å². The smallest absolute Gasteiger partial charge is 0.0467 e. The van der Waals surface area contributed by atoms with Crippen molar-refractivity contribution >= 4 is 90.9 Å². The van der Waals surface area contributed by atoms with Gasteiger partial charge in [0.15, 0.2) is 0 Å². The summed E-state index contributed by atoms with van der Waals surface area (Å²) in [5.74, 6) is 0. The van der Waals surface area contributed by atoms with Gasteiger partial charge in [-0.15, -0.1) is 22.7 Å². The topological polar surface area (TPSA) is 3.24 Å². The molecule has 0 saturated carbocycles. The van der Waals surface area contributed by atoms with Crippen LogP contribution in [-0.4, -0.2) is 0 Å². The second-order valence-corrected chi connectivity index (χ2v) is 16.3. The maximum absolute atomic E-state index is 2.40. The first kappa shape index (κ1) is 32.0. The predicted molar refractivity (Wildman–Crippen MR) is 241 cm³/mol. The molecule has 9 aromatic carbocycles. The van der Waals surface area contributed by atoms with E-state index in [4.69, 9.17) is 0 Å². The van der Waals surface area contributed by atoms with Gasteiger partial charge in [0.25, 0.3) is 0 Å². The van der Waals surface area contributed by atoms with E-state index in [0.29, 0.717) is 0 Å². The van der Waals surface area contributed by atoms with Gasteiger partial charge in [-0.2, -0.15) is 0 Å². The van der Waals surface area contributed by atoms with Gasteiger partial charge in [-0.25, -0.2) is 0 Å². The first-order valence-electron chi connectivity index (χ1n) is 18.7. The highest BCUT2D eigenvalue weighted by molar-refractivity contribution is 7.26. The van der Waals surface area contributed by atoms with Crippen LogP contribution in [0.25, 0.3) is 84.5 Å². The van der Waals surface area contributed by atoms with Gasteiger partial charge in [0.2, 0.25) is 0 Å². The van der Waals surface area contributed by atoms with Crippen molar-refractivity contribution in [2.24, 2.45) is 0 Å². The van der Waals surface area contributed by atoms with Crippen LogP contribution in [0, 0.1) is 0 Å². The highest BCUT2D eigenvalue weighted by Gasteiger charge is 2.17. The van der Waals surface area contributed by atoms with Crippen molar-refractivity contribution < 1.29 is 0 Å². The molecule has 0 aliphatic rings. The Morgan fingerprint density at radius 3 is 1.33 bits per heavy atom. The van der Waals surface area contributed by atoms with Crippen molar-refractivity contribution in [2.45, 2.75) is 0 Å². The van der Waals surface area contributed by atoms with Gasteiger partial charge in [0, 0.05) is 57.4 Å². The Morgan fingerprint density at radius 2 is 0.727 bits per heavy atom. The van der Waals surface area contributed by atoms with Crippen LogP contribution in [0.4, 0.5) is 17.1 Å². The third kappa shape index (κ3) is 5.60. The van der Waals surface area contributed by atoms with Gasteiger partial charge in [0.1, 0.15) is 0 Å². The number of nitrogens with zero attached hydrogens (tertiary/aromatic N) is 1. The molecule has 0 aliphatic heterocycles. The first-order valence-corrected chi connectivity index (χ1v) is 20.3. The molecule has 2 aromatic heterocycles. The van der Waals surface area contributed by atoms with Crippen molar-refractivity contribution in [3.63, 3.8) is 0 Å². The Hall–Kier alpha value is -6.52. The summed E-state index contributed by atoms with van der Waals surface area (Å²) in [5, 5.41) is 7.81. The van der Waals surface area contributed by atoms with Crippen LogP contribution in [-0.2, 0) is 0 Å². The second kappa shape index (κ2) is 13.1. The minimum Gasteiger partial charge on any atom is -0.310 e. The SMILES string of the molecule is c1cc(-c2ccc3c(c2)sc2ccccc23)cc(N(c2ccc(-c3cccc4ccccc34)cc2)c2cccc(-c3ccc4c(c3)sc3ccccc34)c2)c1. The molecule has 3 heteroatoms. The Bertz CT molecular complexity index is 3060. The zero-order valence-electron chi connectivity index (χ0n) is 29.8. The summed E-state index contributed by atoms with van der Waals surface area (Å²) < 4.78 is 5.28. The molecule has 11 rings (SSSR count). The summed E-state index contributed by atoms with van der Waals surface area (Å²) in [4.78, 5) is 2.40. The van der Waals surface area contributed by atoms with E-state index in [2.05, 4.69) is 205 Å². The van der Waals surface area contributed by atoms with E-state index in [-0.39, 0.29) is 0 Å². The van der Waals surface area contributed by atoms with Crippen molar-refractivity contribution in [3.8, 4) is 33.4 Å². The third-order valence-corrected chi connectivity index (χ3v) is 13.1. The molecule has 0 atom stereocenters. The van der Waals surface area contributed by atoms with Crippen molar-refractivity contribution in [1.29, 1.82) is 0 Å². The predicted octanol–water partition coefficient (Wildman–Crippen LogP) is 16.0. The van der Waals surface area contributed by atoms with E-state index in [1.165, 1.54) is 84.5 Å². The summed E-state index contributed by atoms with van der Waals surface area (Å²) in [6.45, 7) is 0. The Kier molecular flexibility index (Phi) is 7.61. The molecule has 55 heavy (non-hydrogen) atoms. The fourth-order valence-corrected chi connectivity index (χ4v) is 10.5. The Balaban J connectivity index is 1.03. The molecule has 0 unspecified atom stereocenters. The molecular formula is C52H33NS2. The lowest BCUT2D eigenvalue weighted by Gasteiger charge is -2.27. The molecule has 0 fully saturated rings. The summed E-state index contributed by atoms with van der Waals surface area (Å²) in [6, 6.07) is 73.5. The van der Waals surface area contributed by atoms with Crippen molar-refractivity contribution in [1.82, 2.24) is 0 Å². The summed E-state index contributed by atoms with van der Waals surface area (Å²) in [5.41, 5.74) is 10.6. The average Bonchev–Trinajstić information content (AvgIpc) is 3.82. The average molecular weight is 736 g/mol. The zero-order chi connectivity index (χ0) is 36.3. The van der Waals surface area contributed by atoms with Gasteiger partial charge in [-0.3, -0.25) is 0 Å². The van der Waals surface area contributed by atoms with E-state index in [9.17, 15) is 0 Å². The molecule has 0 spiro atoms. The lowest BCUT2D eigenvalue weighted by atomic mass is 9.98. The molecule has 11 aromatic rings. The fraction of sp³-hybridized carbons (Fsp3) is 0. The number of anilines is 3. The molecule has 258 valence electrons. The van der Waals surface area contributed by atoms with Crippen LogP contribution in [0.1, 0.15) is 0 Å². The lowest BCUT2D eigenvalue weighted by Crippen LogP contribution is -2.10. The van der Waals surface area contributed by atoms with Gasteiger partial charge < -0.3 is 4.90 Å². The largest absolute Gasteiger partial charge is 0.310 e. The lowest BCUT2D eigenvalue weighted by molar-refractivity contribution is 1.28. The van der Waals surface area contributed by atoms with E-state index in [0.717, 1.165) is 17.1 Å². The van der Waals surface area contributed by atoms with Gasteiger partial charge in [-0.1, -0.05) is 140 Å². The van der Waals surface area contributed by atoms with Crippen LogP contribution >= 0.6 is 22.7 Å². The van der Waals surface area contributed by atoms with Crippen LogP contribution in [0.5, 0.6) is 0 Å². The number of thiophene rings is 2. The van der Waals surface area contributed by atoms with E-state index < -0.39 is 0 Å². The quantitative estimate of drug-likeness (QED) is 0.164. The maximum atomic E-state index is 2.40. The minimum absolute atomic E-state index is 1.11. The normalized spacial score (nSPS) is 11.6. The third-order valence-electron chi connectivity index (χ3n) is 10.9. The van der Waals surface area contributed by atoms with Gasteiger partial charge >= 0.3 is 0 Å². The van der Waals surface area contributed by atoms with E-state index in [1.807, 2.05) is 22.7 Å². The molecule has 0 saturated heterocycles. The first-order chi connectivity index (χ1) is 27.2. The highest BCUT2D eigenvalue weighted by Crippen LogP contribution is 2.42. The summed E-state index contributed by atoms with van der Waals surface area (Å²) in [6.07, 6.45) is 0. The van der Waals surface area contributed by atoms with Gasteiger partial charge in [-0.05, 0) is 105 Å². The molecular weight excluding hydrogens is 703 g/mol. The molecule has 0 aliphatic carbocycles. The van der Waals surface area contributed by atoms with Crippen LogP contribution in [0.3, 0.4) is 0 Å². The van der Waals surface area contributed by atoms with Crippen LogP contribution < -0.4 is 4.90 Å². The Labute approximate surface area is 327 Å². The maximum Gasteiger partial charge on any atom is 0.0467 e. The Morgan fingerprint density at radius 1 is 0.273 bits per heavy atom. The van der Waals surface area contributed by atoms with Crippen LogP contribution in [0.15, 0.2) is 200 Å². The highest BCUT2D eigenvalue weighted by atomic mass is 32.1. The van der Waals surface area contributed by atoms with Crippen molar-refractivity contribution in [2.75, 3.05) is 4.90 Å². The molecule has 0 amide bonds. The fourth-order valence-electron chi connectivity index (χ4n) is 8.17. The number of rotatable bonds is 6. The summed E-state index contributed by atoms with van der Waals surface area (Å²) >= 11 is 3.73. The molecule has 1 nitrogen and oxygen atoms in total. The number of benzene rings is 9. The second-order valence-electron chi connectivity index (χ2n) is 14.1. The number of fused-ring (bicyclic) bond motifs is 7. The molecule has 0 N–H and O–H groups in total. The van der Waals surface area contributed by atoms with Crippen LogP contribution in [0.2, 0.25) is 0 Å². The zero-order valence-corrected chi connectivity index (χ0v) is 31.4. The minimum atomic E-state index is 1.11. The standard InChI is InChI=1S/C52H33NS2/c1-2-16-43-34(10-1)11-9-19-44(43)35-22-26-40(27-23-35)53(41-14-7-12-36(30-41)38-24-28-47-45-17-3-5-20-49(45)54-51(47)32-38)42-15-8-13-37(31-42)39-25-29-48-46-18-4-6-21-50(46)55-52(48)33-39/h1-33H. The number of hydrogen-bond donors (Lipinski definition) is 0. The molecule has 0 bridgehead atoms. The monoisotopic (exact) mass is 735 g/mol. The molecule has 0 radical (unpaired) electrons. The van der Waals surface area contributed by atoms with Crippen molar-refractivity contribution in [3.05, 3.63) is 200 Å².